The Morgan fingerprint density at radius 2 is 2.14 bits per heavy atom. The number of pyridine rings is 1. The number of carbonyl (C=O) groups is 1. The molecular weight excluding hydrogens is 336 g/mol. The summed E-state index contributed by atoms with van der Waals surface area (Å²) >= 11 is 3.28. The Morgan fingerprint density at radius 3 is 2.90 bits per heavy atom. The molecule has 21 heavy (non-hydrogen) atoms. The Hall–Kier alpha value is -2.54. The minimum Gasteiger partial charge on any atom is -0.423 e. The number of amides is 1. The number of benzene rings is 1. The molecule has 0 radical (unpaired) electrons. The summed E-state index contributed by atoms with van der Waals surface area (Å²) in [6.45, 7) is 0. The average molecular weight is 345 g/mol. The lowest BCUT2D eigenvalue weighted by atomic mass is 10.2. The predicted octanol–water partition coefficient (Wildman–Crippen LogP) is 3.15. The summed E-state index contributed by atoms with van der Waals surface area (Å²) in [6.07, 6.45) is 4.38. The topological polar surface area (TPSA) is 80.9 Å². The largest absolute Gasteiger partial charge is 0.423 e. The standard InChI is InChI=1S/C14H9BrN4O2/c15-11-4-10(6-16-7-11)13(20)18-12-3-1-2-9(5-12)14-19-17-8-21-14/h1-8H,(H,18,20). The van der Waals surface area contributed by atoms with E-state index in [2.05, 4.69) is 36.4 Å². The summed E-state index contributed by atoms with van der Waals surface area (Å²) in [7, 11) is 0. The van der Waals surface area contributed by atoms with Crippen LogP contribution in [-0.4, -0.2) is 21.1 Å². The van der Waals surface area contributed by atoms with Crippen molar-refractivity contribution in [2.75, 3.05) is 5.32 Å². The molecule has 6 nitrogen and oxygen atoms in total. The number of rotatable bonds is 3. The Labute approximate surface area is 128 Å². The average Bonchev–Trinajstić information content (AvgIpc) is 3.02. The molecule has 1 N–H and O–H groups in total. The van der Waals surface area contributed by atoms with Gasteiger partial charge >= 0.3 is 0 Å². The number of hydrogen-bond donors (Lipinski definition) is 1. The third kappa shape index (κ3) is 3.14. The third-order valence-corrected chi connectivity index (χ3v) is 3.13. The maximum Gasteiger partial charge on any atom is 0.257 e. The quantitative estimate of drug-likeness (QED) is 0.789. The Morgan fingerprint density at radius 1 is 1.24 bits per heavy atom. The highest BCUT2D eigenvalue weighted by molar-refractivity contribution is 9.10. The van der Waals surface area contributed by atoms with Crippen LogP contribution in [0.5, 0.6) is 0 Å². The smallest absolute Gasteiger partial charge is 0.257 e. The maximum absolute atomic E-state index is 12.1. The molecule has 3 rings (SSSR count). The van der Waals surface area contributed by atoms with E-state index in [0.29, 0.717) is 17.1 Å². The van der Waals surface area contributed by atoms with Crippen LogP contribution in [0.4, 0.5) is 5.69 Å². The van der Waals surface area contributed by atoms with Gasteiger partial charge in [0.15, 0.2) is 0 Å². The minimum absolute atomic E-state index is 0.244. The second-order valence-corrected chi connectivity index (χ2v) is 5.09. The van der Waals surface area contributed by atoms with Crippen molar-refractivity contribution in [3.05, 3.63) is 59.2 Å². The molecule has 3 aromatic rings. The van der Waals surface area contributed by atoms with Crippen LogP contribution < -0.4 is 5.32 Å². The summed E-state index contributed by atoms with van der Waals surface area (Å²) in [4.78, 5) is 16.1. The molecule has 0 saturated heterocycles. The van der Waals surface area contributed by atoms with E-state index >= 15 is 0 Å². The van der Waals surface area contributed by atoms with Crippen molar-refractivity contribution >= 4 is 27.5 Å². The number of halogens is 1. The summed E-state index contributed by atoms with van der Waals surface area (Å²) in [5, 5.41) is 10.3. The molecule has 0 aliphatic carbocycles. The van der Waals surface area contributed by atoms with E-state index in [1.807, 2.05) is 6.07 Å². The van der Waals surface area contributed by atoms with Crippen molar-refractivity contribution in [3.63, 3.8) is 0 Å². The van der Waals surface area contributed by atoms with Gasteiger partial charge in [-0.25, -0.2) is 0 Å². The number of aromatic nitrogens is 3. The first-order chi connectivity index (χ1) is 10.2. The van der Waals surface area contributed by atoms with Crippen molar-refractivity contribution in [3.8, 4) is 11.5 Å². The van der Waals surface area contributed by atoms with Gasteiger partial charge < -0.3 is 9.73 Å². The van der Waals surface area contributed by atoms with E-state index in [1.165, 1.54) is 12.6 Å². The fraction of sp³-hybridized carbons (Fsp3) is 0. The highest BCUT2D eigenvalue weighted by Gasteiger charge is 2.09. The summed E-state index contributed by atoms with van der Waals surface area (Å²) in [6, 6.07) is 8.86. The highest BCUT2D eigenvalue weighted by atomic mass is 79.9. The predicted molar refractivity (Wildman–Crippen MR) is 79.6 cm³/mol. The molecule has 2 aromatic heterocycles. The van der Waals surface area contributed by atoms with Crippen LogP contribution in [0.3, 0.4) is 0 Å². The first-order valence-electron chi connectivity index (χ1n) is 6.01. The van der Waals surface area contributed by atoms with E-state index in [0.717, 1.165) is 10.0 Å². The molecule has 0 fully saturated rings. The number of hydrogen-bond acceptors (Lipinski definition) is 5. The van der Waals surface area contributed by atoms with Gasteiger partial charge in [0.1, 0.15) is 0 Å². The highest BCUT2D eigenvalue weighted by Crippen LogP contribution is 2.21. The van der Waals surface area contributed by atoms with Gasteiger partial charge in [0.05, 0.1) is 5.56 Å². The van der Waals surface area contributed by atoms with E-state index in [1.54, 1.807) is 30.5 Å². The van der Waals surface area contributed by atoms with E-state index in [4.69, 9.17) is 4.42 Å². The second kappa shape index (κ2) is 5.84. The van der Waals surface area contributed by atoms with Crippen LogP contribution in [0.2, 0.25) is 0 Å². The lowest BCUT2D eigenvalue weighted by molar-refractivity contribution is 0.102. The monoisotopic (exact) mass is 344 g/mol. The van der Waals surface area contributed by atoms with Crippen LogP contribution in [0.25, 0.3) is 11.5 Å². The lowest BCUT2D eigenvalue weighted by Gasteiger charge is -2.06. The molecule has 2 heterocycles. The number of carbonyl (C=O) groups excluding carboxylic acids is 1. The van der Waals surface area contributed by atoms with E-state index in [-0.39, 0.29) is 5.91 Å². The zero-order valence-corrected chi connectivity index (χ0v) is 12.2. The van der Waals surface area contributed by atoms with Crippen molar-refractivity contribution in [2.45, 2.75) is 0 Å². The van der Waals surface area contributed by atoms with Gasteiger partial charge in [-0.05, 0) is 40.2 Å². The minimum atomic E-state index is -0.244. The fourth-order valence-corrected chi connectivity index (χ4v) is 2.13. The third-order valence-electron chi connectivity index (χ3n) is 2.69. The number of nitrogens with one attached hydrogen (secondary N) is 1. The van der Waals surface area contributed by atoms with Crippen molar-refractivity contribution in [1.29, 1.82) is 0 Å². The molecule has 0 atom stereocenters. The van der Waals surface area contributed by atoms with Crippen LogP contribution in [0.15, 0.2) is 58.0 Å². The van der Waals surface area contributed by atoms with E-state index < -0.39 is 0 Å². The number of anilines is 1. The van der Waals surface area contributed by atoms with Gasteiger partial charge in [-0.1, -0.05) is 6.07 Å². The van der Waals surface area contributed by atoms with Crippen LogP contribution in [-0.2, 0) is 0 Å². The molecule has 0 aliphatic rings. The van der Waals surface area contributed by atoms with Crippen LogP contribution in [0, 0.1) is 0 Å². The lowest BCUT2D eigenvalue weighted by Crippen LogP contribution is -2.12. The molecule has 1 aromatic carbocycles. The van der Waals surface area contributed by atoms with Gasteiger partial charge in [-0.2, -0.15) is 0 Å². The van der Waals surface area contributed by atoms with Gasteiger partial charge in [-0.3, -0.25) is 9.78 Å². The van der Waals surface area contributed by atoms with Crippen molar-refractivity contribution < 1.29 is 9.21 Å². The van der Waals surface area contributed by atoms with Gasteiger partial charge in [0.2, 0.25) is 12.3 Å². The van der Waals surface area contributed by atoms with Gasteiger partial charge in [0.25, 0.3) is 5.91 Å². The first kappa shape index (κ1) is 13.4. The molecule has 0 aliphatic heterocycles. The maximum atomic E-state index is 12.1. The molecule has 104 valence electrons. The molecule has 7 heteroatoms. The van der Waals surface area contributed by atoms with Crippen molar-refractivity contribution in [2.24, 2.45) is 0 Å². The Bertz CT molecular complexity index is 774. The second-order valence-electron chi connectivity index (χ2n) is 4.17. The zero-order chi connectivity index (χ0) is 14.7. The molecular formula is C14H9BrN4O2. The molecule has 0 spiro atoms. The Balaban J connectivity index is 1.82. The molecule has 1 amide bonds. The normalized spacial score (nSPS) is 10.3. The zero-order valence-electron chi connectivity index (χ0n) is 10.7. The number of nitrogens with zero attached hydrogens (tertiary/aromatic N) is 3. The molecule has 0 unspecified atom stereocenters. The fourth-order valence-electron chi connectivity index (χ4n) is 1.77. The van der Waals surface area contributed by atoms with Gasteiger partial charge in [-0.15, -0.1) is 10.2 Å². The van der Waals surface area contributed by atoms with Crippen LogP contribution in [0.1, 0.15) is 10.4 Å². The molecule has 0 bridgehead atoms. The summed E-state index contributed by atoms with van der Waals surface area (Å²) in [5.74, 6) is 0.154. The summed E-state index contributed by atoms with van der Waals surface area (Å²) < 4.78 is 5.87. The van der Waals surface area contributed by atoms with E-state index in [9.17, 15) is 4.79 Å². The van der Waals surface area contributed by atoms with Gasteiger partial charge in [0, 0.05) is 28.1 Å². The molecule has 0 saturated carbocycles. The summed E-state index contributed by atoms with van der Waals surface area (Å²) in [5.41, 5.74) is 1.83. The van der Waals surface area contributed by atoms with Crippen molar-refractivity contribution in [1.82, 2.24) is 15.2 Å². The van der Waals surface area contributed by atoms with Crippen LogP contribution >= 0.6 is 15.9 Å². The Kier molecular flexibility index (Phi) is 3.74. The SMILES string of the molecule is O=C(Nc1cccc(-c2nnco2)c1)c1cncc(Br)c1. The first-order valence-corrected chi connectivity index (χ1v) is 6.80.